The number of anilines is 1. The van der Waals surface area contributed by atoms with E-state index in [4.69, 9.17) is 4.55 Å². The largest absolute Gasteiger partial charge is 0.380 e. The van der Waals surface area contributed by atoms with Crippen molar-refractivity contribution in [2.24, 2.45) is 10.2 Å². The summed E-state index contributed by atoms with van der Waals surface area (Å²) in [4.78, 5) is 2.00. The molecule has 1 N–H and O–H groups in total. The molecule has 0 heterocycles. The molecule has 1 unspecified atom stereocenters. The van der Waals surface area contributed by atoms with Gasteiger partial charge in [-0.25, -0.2) is 0 Å². The Hall–Kier alpha value is -2.25. The van der Waals surface area contributed by atoms with Gasteiger partial charge in [-0.15, -0.1) is 0 Å². The average molecular weight is 305 g/mol. The van der Waals surface area contributed by atoms with Crippen LogP contribution in [-0.2, 0) is 11.4 Å². The van der Waals surface area contributed by atoms with E-state index in [0.29, 0.717) is 5.69 Å². The minimum atomic E-state index is -2.35. The molecule has 0 amide bonds. The zero-order chi connectivity index (χ0) is 15.2. The quantitative estimate of drug-likeness (QED) is 0.675. The Balaban J connectivity index is 2.11. The fraction of sp³-hybridized carbons (Fsp3) is 0.143. The molecule has 0 aromatic heterocycles. The third kappa shape index (κ3) is 4.66. The second kappa shape index (κ2) is 6.96. The van der Waals surface area contributed by atoms with E-state index in [0.717, 1.165) is 11.4 Å². The summed E-state index contributed by atoms with van der Waals surface area (Å²) < 4.78 is 23.9. The fourth-order valence-corrected chi connectivity index (χ4v) is 1.88. The summed E-state index contributed by atoms with van der Waals surface area (Å²) in [5.41, 5.74) is 2.34. The maximum absolute atomic E-state index is 10.6. The highest BCUT2D eigenvalue weighted by molar-refractivity contribution is 7.74. The van der Waals surface area contributed by atoms with Gasteiger partial charge >= 0.3 is 11.4 Å². The molecule has 0 bridgehead atoms. The lowest BCUT2D eigenvalue weighted by molar-refractivity contribution is 0.458. The summed E-state index contributed by atoms with van der Waals surface area (Å²) in [5.74, 6) is 0.259. The zero-order valence-electron chi connectivity index (χ0n) is 11.6. The molecule has 0 spiro atoms. The van der Waals surface area contributed by atoms with Crippen LogP contribution in [-0.4, -0.2) is 22.9 Å². The lowest BCUT2D eigenvalue weighted by Gasteiger charge is -2.11. The summed E-state index contributed by atoms with van der Waals surface area (Å²) in [6.45, 7) is 0. The average Bonchev–Trinajstić information content (AvgIpc) is 2.45. The summed E-state index contributed by atoms with van der Waals surface area (Å²) in [5, 5.41) is 8.18. The van der Waals surface area contributed by atoms with Crippen molar-refractivity contribution in [3.63, 3.8) is 0 Å². The first-order chi connectivity index (χ1) is 10.0. The van der Waals surface area contributed by atoms with Gasteiger partial charge in [-0.2, -0.15) is 14.4 Å². The molecule has 6 nitrogen and oxygen atoms in total. The van der Waals surface area contributed by atoms with Gasteiger partial charge in [0.2, 0.25) is 0 Å². The van der Waals surface area contributed by atoms with Crippen LogP contribution in [0, 0.1) is 0 Å². The summed E-state index contributed by atoms with van der Waals surface area (Å²) in [6.07, 6.45) is 0. The maximum atomic E-state index is 10.6. The van der Waals surface area contributed by atoms with Crippen LogP contribution in [0.3, 0.4) is 0 Å². The lowest BCUT2D eigenvalue weighted by Crippen LogP contribution is -2.07. The molecule has 2 aromatic rings. The monoisotopic (exact) mass is 305 g/mol. The van der Waals surface area contributed by atoms with Crippen molar-refractivity contribution in [1.82, 2.24) is 0 Å². The van der Waals surface area contributed by atoms with Gasteiger partial charge < -0.3 is 9.08 Å². The van der Waals surface area contributed by atoms with Crippen molar-refractivity contribution >= 4 is 28.4 Å². The minimum Gasteiger partial charge on any atom is -0.380 e. The predicted octanol–water partition coefficient (Wildman–Crippen LogP) is 3.68. The number of hydrogen-bond acceptors (Lipinski definition) is 5. The Labute approximate surface area is 125 Å². The Kier molecular flexibility index (Phi) is 5.02. The normalized spacial score (nSPS) is 12.3. The second-order valence-corrected chi connectivity index (χ2v) is 5.01. The van der Waals surface area contributed by atoms with E-state index in [1.807, 2.05) is 43.3 Å². The van der Waals surface area contributed by atoms with Gasteiger partial charge in [-0.3, -0.25) is 4.55 Å². The Bertz CT molecular complexity index is 657. The smallest absolute Gasteiger partial charge is 0.357 e. The molecule has 0 saturated carbocycles. The van der Waals surface area contributed by atoms with Gasteiger partial charge in [0.25, 0.3) is 0 Å². The number of rotatable bonds is 5. The summed E-state index contributed by atoms with van der Waals surface area (Å²) in [6, 6.07) is 14.1. The molecule has 2 rings (SSSR count). The van der Waals surface area contributed by atoms with Gasteiger partial charge in [-0.05, 0) is 36.4 Å². The highest BCUT2D eigenvalue weighted by atomic mass is 32.2. The molecule has 7 heteroatoms. The lowest BCUT2D eigenvalue weighted by atomic mass is 10.3. The number of hydrogen-bond donors (Lipinski definition) is 1. The van der Waals surface area contributed by atoms with Crippen LogP contribution >= 0.6 is 0 Å². The van der Waals surface area contributed by atoms with E-state index >= 15 is 0 Å². The molecule has 0 aliphatic rings. The van der Waals surface area contributed by atoms with Crippen LogP contribution in [0.25, 0.3) is 0 Å². The van der Waals surface area contributed by atoms with Crippen LogP contribution in [0.15, 0.2) is 58.8 Å². The van der Waals surface area contributed by atoms with Crippen LogP contribution in [0.2, 0.25) is 0 Å². The summed E-state index contributed by atoms with van der Waals surface area (Å²) in [7, 11) is 3.93. The zero-order valence-corrected chi connectivity index (χ0v) is 12.4. The highest BCUT2D eigenvalue weighted by Crippen LogP contribution is 2.24. The first-order valence-corrected chi connectivity index (χ1v) is 7.16. The Morgan fingerprint density at radius 2 is 1.71 bits per heavy atom. The second-order valence-electron chi connectivity index (χ2n) is 4.41. The third-order valence-corrected chi connectivity index (χ3v) is 2.97. The van der Waals surface area contributed by atoms with Crippen molar-refractivity contribution in [3.8, 4) is 5.75 Å². The van der Waals surface area contributed by atoms with E-state index in [2.05, 4.69) is 14.4 Å². The van der Waals surface area contributed by atoms with Gasteiger partial charge in [-0.1, -0.05) is 6.07 Å². The van der Waals surface area contributed by atoms with Crippen LogP contribution in [0.1, 0.15) is 0 Å². The number of benzene rings is 2. The van der Waals surface area contributed by atoms with Crippen molar-refractivity contribution in [3.05, 3.63) is 48.5 Å². The highest BCUT2D eigenvalue weighted by Gasteiger charge is 2.00. The molecule has 0 fully saturated rings. The van der Waals surface area contributed by atoms with E-state index in [-0.39, 0.29) is 5.75 Å². The molecule has 21 heavy (non-hydrogen) atoms. The molecule has 0 saturated heterocycles. The van der Waals surface area contributed by atoms with E-state index in [1.165, 1.54) is 6.07 Å². The predicted molar refractivity (Wildman–Crippen MR) is 82.8 cm³/mol. The Morgan fingerprint density at radius 1 is 1.05 bits per heavy atom. The molecule has 2 aromatic carbocycles. The van der Waals surface area contributed by atoms with Crippen molar-refractivity contribution in [1.29, 1.82) is 0 Å². The Morgan fingerprint density at radius 3 is 2.33 bits per heavy atom. The van der Waals surface area contributed by atoms with Gasteiger partial charge in [0, 0.05) is 25.8 Å². The molecule has 0 aliphatic heterocycles. The summed E-state index contributed by atoms with van der Waals surface area (Å²) >= 11 is -2.35. The molecular formula is C14H15N3O3S. The minimum absolute atomic E-state index is 0.259. The molecule has 0 aliphatic carbocycles. The van der Waals surface area contributed by atoms with Gasteiger partial charge in [0.05, 0.1) is 11.4 Å². The van der Waals surface area contributed by atoms with E-state index in [1.54, 1.807) is 18.2 Å². The third-order valence-electron chi connectivity index (χ3n) is 2.63. The number of azo groups is 1. The van der Waals surface area contributed by atoms with Crippen molar-refractivity contribution in [2.75, 3.05) is 19.0 Å². The maximum Gasteiger partial charge on any atom is 0.357 e. The van der Waals surface area contributed by atoms with E-state index in [9.17, 15) is 4.21 Å². The van der Waals surface area contributed by atoms with Crippen molar-refractivity contribution in [2.45, 2.75) is 0 Å². The van der Waals surface area contributed by atoms with Crippen molar-refractivity contribution < 1.29 is 12.9 Å². The first-order valence-electron chi connectivity index (χ1n) is 6.13. The van der Waals surface area contributed by atoms with E-state index < -0.39 is 11.4 Å². The number of nitrogens with zero attached hydrogens (tertiary/aromatic N) is 3. The van der Waals surface area contributed by atoms with Crippen LogP contribution < -0.4 is 9.08 Å². The van der Waals surface area contributed by atoms with Crippen LogP contribution in [0.4, 0.5) is 17.1 Å². The molecule has 1 atom stereocenters. The first kappa shape index (κ1) is 15.1. The SMILES string of the molecule is CN(C)c1ccc(N=Nc2cccc(OS(=O)O)c2)cc1. The molecule has 0 radical (unpaired) electrons. The molecule has 110 valence electrons. The topological polar surface area (TPSA) is 74.5 Å². The van der Waals surface area contributed by atoms with Gasteiger partial charge in [0.1, 0.15) is 5.75 Å². The van der Waals surface area contributed by atoms with Gasteiger partial charge in [0.15, 0.2) is 0 Å². The molecular weight excluding hydrogens is 290 g/mol. The van der Waals surface area contributed by atoms with Crippen LogP contribution in [0.5, 0.6) is 5.75 Å². The standard InChI is InChI=1S/C14H15N3O3S/c1-17(2)13-8-6-11(7-9-13)15-16-12-4-3-5-14(10-12)20-21(18)19/h3-10H,1-2H3,(H,18,19). The fourth-order valence-electron chi connectivity index (χ4n) is 1.61.